The van der Waals surface area contributed by atoms with Crippen molar-refractivity contribution in [3.8, 4) is 0 Å². The van der Waals surface area contributed by atoms with Crippen LogP contribution in [0.4, 0.5) is 5.69 Å². The van der Waals surface area contributed by atoms with Gasteiger partial charge in [0.2, 0.25) is 0 Å². The average molecular weight is 331 g/mol. The summed E-state index contributed by atoms with van der Waals surface area (Å²) in [6, 6.07) is 2.81. The van der Waals surface area contributed by atoms with Gasteiger partial charge >= 0.3 is 0 Å². The van der Waals surface area contributed by atoms with Crippen molar-refractivity contribution in [1.82, 2.24) is 4.90 Å². The summed E-state index contributed by atoms with van der Waals surface area (Å²) in [7, 11) is 0. The highest BCUT2D eigenvalue weighted by Crippen LogP contribution is 2.34. The zero-order valence-corrected chi connectivity index (χ0v) is 13.3. The lowest BCUT2D eigenvalue weighted by Crippen LogP contribution is -2.47. The van der Waals surface area contributed by atoms with Crippen molar-refractivity contribution in [2.45, 2.75) is 45.2 Å². The number of piperidine rings is 1. The molecule has 0 aromatic heterocycles. The summed E-state index contributed by atoms with van der Waals surface area (Å²) in [5.41, 5.74) is -0.137. The molecular formula is C14H16Cl2N2O3. The summed E-state index contributed by atoms with van der Waals surface area (Å²) in [6.45, 7) is 3.97. The number of hydrogen-bond acceptors (Lipinski definition) is 3. The van der Waals surface area contributed by atoms with E-state index < -0.39 is 4.92 Å². The first-order valence-corrected chi connectivity index (χ1v) is 7.54. The monoisotopic (exact) mass is 330 g/mol. The molecule has 0 saturated carbocycles. The number of rotatable bonds is 2. The number of carbonyl (C=O) groups excluding carboxylic acids is 1. The highest BCUT2D eigenvalue weighted by atomic mass is 35.5. The molecule has 21 heavy (non-hydrogen) atoms. The molecule has 0 bridgehead atoms. The first-order chi connectivity index (χ1) is 9.82. The SMILES string of the molecule is C[C@@H]1CCC[C@H](C)N1C(=O)c1cc(Cl)c(Cl)c([N+](=O)[O-])c1. The zero-order valence-electron chi connectivity index (χ0n) is 11.8. The molecule has 5 nitrogen and oxygen atoms in total. The Bertz CT molecular complexity index is 582. The molecule has 2 atom stereocenters. The van der Waals surface area contributed by atoms with E-state index in [1.54, 1.807) is 4.90 Å². The van der Waals surface area contributed by atoms with Crippen LogP contribution in [0, 0.1) is 10.1 Å². The van der Waals surface area contributed by atoms with Gasteiger partial charge in [0.05, 0.1) is 9.95 Å². The molecule has 0 N–H and O–H groups in total. The van der Waals surface area contributed by atoms with E-state index in [-0.39, 0.29) is 39.3 Å². The van der Waals surface area contributed by atoms with Gasteiger partial charge in [-0.3, -0.25) is 14.9 Å². The molecule has 1 aliphatic rings. The Morgan fingerprint density at radius 2 is 1.86 bits per heavy atom. The molecule has 114 valence electrons. The number of nitrogens with zero attached hydrogens (tertiary/aromatic N) is 2. The van der Waals surface area contributed by atoms with Crippen LogP contribution in [0.5, 0.6) is 0 Å². The number of carbonyl (C=O) groups is 1. The number of hydrogen-bond donors (Lipinski definition) is 0. The lowest BCUT2D eigenvalue weighted by Gasteiger charge is -2.39. The summed E-state index contributed by atoms with van der Waals surface area (Å²) in [5, 5.41) is 10.9. The van der Waals surface area contributed by atoms with Gasteiger partial charge in [0.25, 0.3) is 11.6 Å². The van der Waals surface area contributed by atoms with Crippen LogP contribution in [-0.4, -0.2) is 27.8 Å². The van der Waals surface area contributed by atoms with Gasteiger partial charge in [-0.2, -0.15) is 0 Å². The van der Waals surface area contributed by atoms with Crippen LogP contribution in [0.15, 0.2) is 12.1 Å². The molecule has 7 heteroatoms. The minimum absolute atomic E-state index is 0.0199. The van der Waals surface area contributed by atoms with Gasteiger partial charge in [0.1, 0.15) is 5.02 Å². The minimum atomic E-state index is -0.631. The van der Waals surface area contributed by atoms with Crippen LogP contribution in [0.2, 0.25) is 10.0 Å². The van der Waals surface area contributed by atoms with Crippen molar-refractivity contribution in [3.63, 3.8) is 0 Å². The maximum atomic E-state index is 12.7. The smallest absolute Gasteiger partial charge is 0.290 e. The van der Waals surface area contributed by atoms with Gasteiger partial charge in [0.15, 0.2) is 0 Å². The number of halogens is 2. The van der Waals surface area contributed by atoms with Gasteiger partial charge in [0, 0.05) is 23.7 Å². The normalized spacial score (nSPS) is 22.2. The maximum Gasteiger partial charge on any atom is 0.290 e. The fraction of sp³-hybridized carbons (Fsp3) is 0.500. The summed E-state index contributed by atoms with van der Waals surface area (Å²) >= 11 is 11.7. The largest absolute Gasteiger partial charge is 0.333 e. The Morgan fingerprint density at radius 3 is 2.38 bits per heavy atom. The Kier molecular flexibility index (Phi) is 4.74. The van der Waals surface area contributed by atoms with E-state index >= 15 is 0 Å². The molecule has 1 saturated heterocycles. The first-order valence-electron chi connectivity index (χ1n) is 6.79. The molecule has 1 heterocycles. The van der Waals surface area contributed by atoms with Crippen LogP contribution in [-0.2, 0) is 0 Å². The van der Waals surface area contributed by atoms with E-state index in [0.29, 0.717) is 0 Å². The summed E-state index contributed by atoms with van der Waals surface area (Å²) in [6.07, 6.45) is 2.94. The molecule has 0 aliphatic carbocycles. The summed E-state index contributed by atoms with van der Waals surface area (Å²) in [4.78, 5) is 24.8. The second-order valence-corrected chi connectivity index (χ2v) is 6.17. The maximum absolute atomic E-state index is 12.7. The van der Waals surface area contributed by atoms with Crippen LogP contribution < -0.4 is 0 Å². The highest BCUT2D eigenvalue weighted by Gasteiger charge is 2.31. The van der Waals surface area contributed by atoms with Crippen LogP contribution in [0.25, 0.3) is 0 Å². The van der Waals surface area contributed by atoms with Crippen molar-refractivity contribution in [3.05, 3.63) is 37.9 Å². The molecule has 1 aromatic carbocycles. The Morgan fingerprint density at radius 1 is 1.29 bits per heavy atom. The second-order valence-electron chi connectivity index (χ2n) is 5.39. The minimum Gasteiger partial charge on any atom is -0.333 e. The fourth-order valence-corrected chi connectivity index (χ4v) is 3.19. The molecule has 0 radical (unpaired) electrons. The van der Waals surface area contributed by atoms with Gasteiger partial charge in [-0.1, -0.05) is 23.2 Å². The Hall–Kier alpha value is -1.33. The lowest BCUT2D eigenvalue weighted by molar-refractivity contribution is -0.384. The van der Waals surface area contributed by atoms with E-state index in [1.807, 2.05) is 13.8 Å². The van der Waals surface area contributed by atoms with Gasteiger partial charge in [-0.05, 0) is 39.2 Å². The number of likely N-dealkylation sites (tertiary alicyclic amines) is 1. The second kappa shape index (κ2) is 6.20. The van der Waals surface area contributed by atoms with Crippen LogP contribution >= 0.6 is 23.2 Å². The predicted octanol–water partition coefficient (Wildman–Crippen LogP) is 4.30. The molecule has 1 aromatic rings. The summed E-state index contributed by atoms with van der Waals surface area (Å²) < 4.78 is 0. The standard InChI is InChI=1S/C14H16Cl2N2O3/c1-8-4-3-5-9(2)17(8)14(19)10-6-11(15)13(16)12(7-10)18(20)21/h6-9H,3-5H2,1-2H3/t8-,9+. The predicted molar refractivity (Wildman–Crippen MR) is 82.1 cm³/mol. The highest BCUT2D eigenvalue weighted by molar-refractivity contribution is 6.43. The van der Waals surface area contributed by atoms with Crippen LogP contribution in [0.3, 0.4) is 0 Å². The molecule has 0 spiro atoms. The van der Waals surface area contributed by atoms with Gasteiger partial charge in [-0.25, -0.2) is 0 Å². The van der Waals surface area contributed by atoms with Crippen LogP contribution in [0.1, 0.15) is 43.5 Å². The van der Waals surface area contributed by atoms with Crippen molar-refractivity contribution in [2.75, 3.05) is 0 Å². The van der Waals surface area contributed by atoms with Crippen molar-refractivity contribution in [1.29, 1.82) is 0 Å². The van der Waals surface area contributed by atoms with Gasteiger partial charge < -0.3 is 4.90 Å². The molecular weight excluding hydrogens is 315 g/mol. The lowest BCUT2D eigenvalue weighted by atomic mass is 9.96. The van der Waals surface area contributed by atoms with E-state index in [1.165, 1.54) is 12.1 Å². The number of nitro benzene ring substituents is 1. The van der Waals surface area contributed by atoms with Crippen molar-refractivity contribution >= 4 is 34.8 Å². The third-order valence-corrected chi connectivity index (χ3v) is 4.67. The molecule has 2 rings (SSSR count). The zero-order chi connectivity index (χ0) is 15.7. The Balaban J connectivity index is 2.41. The third-order valence-electron chi connectivity index (χ3n) is 3.88. The average Bonchev–Trinajstić information content (AvgIpc) is 2.40. The van der Waals surface area contributed by atoms with E-state index in [4.69, 9.17) is 23.2 Å². The van der Waals surface area contributed by atoms with E-state index in [2.05, 4.69) is 0 Å². The molecule has 1 fully saturated rings. The van der Waals surface area contributed by atoms with Crippen molar-refractivity contribution < 1.29 is 9.72 Å². The summed E-state index contributed by atoms with van der Waals surface area (Å²) in [5.74, 6) is -0.239. The molecule has 1 amide bonds. The number of benzene rings is 1. The fourth-order valence-electron chi connectivity index (χ4n) is 2.80. The topological polar surface area (TPSA) is 63.5 Å². The number of nitro groups is 1. The van der Waals surface area contributed by atoms with E-state index in [9.17, 15) is 14.9 Å². The number of amides is 1. The molecule has 1 aliphatic heterocycles. The van der Waals surface area contributed by atoms with Crippen molar-refractivity contribution in [2.24, 2.45) is 0 Å². The van der Waals surface area contributed by atoms with Gasteiger partial charge in [-0.15, -0.1) is 0 Å². The quantitative estimate of drug-likeness (QED) is 0.599. The molecule has 0 unspecified atom stereocenters. The van der Waals surface area contributed by atoms with E-state index in [0.717, 1.165) is 19.3 Å². The Labute approximate surface area is 133 Å². The third kappa shape index (κ3) is 3.14. The first kappa shape index (κ1) is 16.0.